The van der Waals surface area contributed by atoms with Gasteiger partial charge in [0, 0.05) is 23.4 Å². The van der Waals surface area contributed by atoms with Gasteiger partial charge >= 0.3 is 0 Å². The highest BCUT2D eigenvalue weighted by Gasteiger charge is 2.08. The summed E-state index contributed by atoms with van der Waals surface area (Å²) >= 11 is 1.47. The topological polar surface area (TPSA) is 64.7 Å². The zero-order valence-electron chi connectivity index (χ0n) is 13.2. The lowest BCUT2D eigenvalue weighted by Gasteiger charge is -2.09. The van der Waals surface area contributed by atoms with Gasteiger partial charge in [-0.25, -0.2) is 0 Å². The van der Waals surface area contributed by atoms with E-state index in [0.717, 1.165) is 24.3 Å². The maximum Gasteiger partial charge on any atom is 0.159 e. The Labute approximate surface area is 131 Å². The van der Waals surface area contributed by atoms with Crippen molar-refractivity contribution in [2.75, 3.05) is 13.7 Å². The molecule has 116 valence electrons. The molecule has 0 radical (unpaired) electrons. The van der Waals surface area contributed by atoms with Gasteiger partial charge in [0.15, 0.2) is 11.0 Å². The van der Waals surface area contributed by atoms with Crippen molar-refractivity contribution < 1.29 is 9.53 Å². The average molecular weight is 308 g/mol. The molecule has 0 atom stereocenters. The summed E-state index contributed by atoms with van der Waals surface area (Å²) in [6.07, 6.45) is 1.03. The molecule has 1 aromatic rings. The maximum atomic E-state index is 11.4. The highest BCUT2D eigenvalue weighted by molar-refractivity contribution is 8.13. The number of aliphatic imine (C=N–C) groups is 1. The molecular formula is C16H24N2O2S. The minimum absolute atomic E-state index is 0.0440. The number of carbonyl (C=O) groups is 1. The molecule has 0 unspecified atom stereocenters. The molecule has 0 saturated heterocycles. The van der Waals surface area contributed by atoms with Gasteiger partial charge in [-0.2, -0.15) is 0 Å². The molecule has 4 nitrogen and oxygen atoms in total. The minimum atomic E-state index is 0.0440. The SMILES string of the molecule is COc1ccc(C(C)=O)cc1CSC(N)=NCCC(C)C. The van der Waals surface area contributed by atoms with Crippen LogP contribution in [0.25, 0.3) is 0 Å². The fourth-order valence-electron chi connectivity index (χ4n) is 1.74. The summed E-state index contributed by atoms with van der Waals surface area (Å²) in [5.41, 5.74) is 7.54. The molecule has 2 N–H and O–H groups in total. The Morgan fingerprint density at radius 2 is 2.14 bits per heavy atom. The van der Waals surface area contributed by atoms with Gasteiger partial charge in [-0.05, 0) is 37.5 Å². The number of methoxy groups -OCH3 is 1. The third kappa shape index (κ3) is 6.21. The molecule has 0 aromatic heterocycles. The Balaban J connectivity index is 2.69. The van der Waals surface area contributed by atoms with Crippen LogP contribution >= 0.6 is 11.8 Å². The molecule has 21 heavy (non-hydrogen) atoms. The first-order valence-electron chi connectivity index (χ1n) is 7.04. The Kier molecular flexibility index (Phi) is 7.29. The summed E-state index contributed by atoms with van der Waals surface area (Å²) in [6.45, 7) is 6.63. The number of amidine groups is 1. The number of hydrogen-bond donors (Lipinski definition) is 1. The van der Waals surface area contributed by atoms with Crippen LogP contribution in [0.1, 0.15) is 43.1 Å². The first kappa shape index (κ1) is 17.6. The Morgan fingerprint density at radius 1 is 1.43 bits per heavy atom. The van der Waals surface area contributed by atoms with E-state index < -0.39 is 0 Å². The van der Waals surface area contributed by atoms with Crippen molar-refractivity contribution in [3.8, 4) is 5.75 Å². The van der Waals surface area contributed by atoms with Gasteiger partial charge < -0.3 is 10.5 Å². The second kappa shape index (κ2) is 8.72. The van der Waals surface area contributed by atoms with E-state index in [4.69, 9.17) is 10.5 Å². The van der Waals surface area contributed by atoms with Crippen LogP contribution in [0, 0.1) is 5.92 Å². The van der Waals surface area contributed by atoms with E-state index in [-0.39, 0.29) is 5.78 Å². The lowest BCUT2D eigenvalue weighted by molar-refractivity contribution is 0.101. The van der Waals surface area contributed by atoms with Crippen LogP contribution < -0.4 is 10.5 Å². The van der Waals surface area contributed by atoms with Crippen LogP contribution in [0.3, 0.4) is 0 Å². The number of benzene rings is 1. The number of nitrogens with two attached hydrogens (primary N) is 1. The molecular weight excluding hydrogens is 284 g/mol. The number of ketones is 1. The van der Waals surface area contributed by atoms with Gasteiger partial charge in [0.1, 0.15) is 5.75 Å². The predicted octanol–water partition coefficient (Wildman–Crippen LogP) is 3.49. The summed E-state index contributed by atoms with van der Waals surface area (Å²) in [6, 6.07) is 5.45. The zero-order chi connectivity index (χ0) is 15.8. The number of Topliss-reactive ketones (excluding diaryl/α,β-unsaturated/α-hetero) is 1. The molecule has 1 rings (SSSR count). The molecule has 0 fully saturated rings. The Bertz CT molecular complexity index is 513. The zero-order valence-corrected chi connectivity index (χ0v) is 14.0. The van der Waals surface area contributed by atoms with Crippen molar-refractivity contribution >= 4 is 22.7 Å². The first-order valence-corrected chi connectivity index (χ1v) is 8.03. The van der Waals surface area contributed by atoms with Crippen molar-refractivity contribution in [2.24, 2.45) is 16.6 Å². The van der Waals surface area contributed by atoms with Gasteiger partial charge in [0.25, 0.3) is 0 Å². The van der Waals surface area contributed by atoms with Crippen molar-refractivity contribution in [3.63, 3.8) is 0 Å². The van der Waals surface area contributed by atoms with E-state index in [0.29, 0.717) is 22.4 Å². The number of hydrogen-bond acceptors (Lipinski definition) is 4. The van der Waals surface area contributed by atoms with Gasteiger partial charge in [-0.1, -0.05) is 25.6 Å². The smallest absolute Gasteiger partial charge is 0.159 e. The second-order valence-corrected chi connectivity index (χ2v) is 6.27. The van der Waals surface area contributed by atoms with Crippen LogP contribution in [0.15, 0.2) is 23.2 Å². The number of nitrogens with zero attached hydrogens (tertiary/aromatic N) is 1. The van der Waals surface area contributed by atoms with Crippen molar-refractivity contribution in [1.29, 1.82) is 0 Å². The van der Waals surface area contributed by atoms with Gasteiger partial charge in [0.2, 0.25) is 0 Å². The minimum Gasteiger partial charge on any atom is -0.496 e. The van der Waals surface area contributed by atoms with Crippen LogP contribution in [-0.4, -0.2) is 24.6 Å². The maximum absolute atomic E-state index is 11.4. The summed E-state index contributed by atoms with van der Waals surface area (Å²) < 4.78 is 5.32. The largest absolute Gasteiger partial charge is 0.496 e. The van der Waals surface area contributed by atoms with E-state index in [2.05, 4.69) is 18.8 Å². The molecule has 0 aliphatic carbocycles. The fraction of sp³-hybridized carbons (Fsp3) is 0.500. The summed E-state index contributed by atoms with van der Waals surface area (Å²) in [4.78, 5) is 15.8. The normalized spacial score (nSPS) is 11.8. The highest BCUT2D eigenvalue weighted by atomic mass is 32.2. The van der Waals surface area contributed by atoms with Crippen LogP contribution in [0.2, 0.25) is 0 Å². The summed E-state index contributed by atoms with van der Waals surface area (Å²) in [5.74, 6) is 2.07. The molecule has 0 bridgehead atoms. The third-order valence-corrected chi connectivity index (χ3v) is 3.92. The molecule has 0 spiro atoms. The lowest BCUT2D eigenvalue weighted by Crippen LogP contribution is -2.09. The summed E-state index contributed by atoms with van der Waals surface area (Å²) in [7, 11) is 1.62. The number of thioether (sulfide) groups is 1. The molecule has 0 saturated carbocycles. The lowest BCUT2D eigenvalue weighted by atomic mass is 10.1. The molecule has 0 heterocycles. The fourth-order valence-corrected chi connectivity index (χ4v) is 2.45. The number of rotatable bonds is 7. The monoisotopic (exact) mass is 308 g/mol. The van der Waals surface area contributed by atoms with E-state index in [1.807, 2.05) is 12.1 Å². The molecule has 0 amide bonds. The Morgan fingerprint density at radius 3 is 2.71 bits per heavy atom. The van der Waals surface area contributed by atoms with E-state index in [1.165, 1.54) is 11.8 Å². The summed E-state index contributed by atoms with van der Waals surface area (Å²) in [5, 5.41) is 0.575. The first-order chi connectivity index (χ1) is 9.93. The molecule has 0 aliphatic rings. The highest BCUT2D eigenvalue weighted by Crippen LogP contribution is 2.25. The van der Waals surface area contributed by atoms with Gasteiger partial charge in [-0.15, -0.1) is 0 Å². The Hall–Kier alpha value is -1.49. The third-order valence-electron chi connectivity index (χ3n) is 3.04. The van der Waals surface area contributed by atoms with Crippen molar-refractivity contribution in [1.82, 2.24) is 0 Å². The van der Waals surface area contributed by atoms with E-state index >= 15 is 0 Å². The predicted molar refractivity (Wildman–Crippen MR) is 90.2 cm³/mol. The number of ether oxygens (including phenoxy) is 1. The van der Waals surface area contributed by atoms with Crippen LogP contribution in [-0.2, 0) is 5.75 Å². The second-order valence-electron chi connectivity index (χ2n) is 5.27. The van der Waals surface area contributed by atoms with Crippen LogP contribution in [0.4, 0.5) is 0 Å². The molecule has 0 aliphatic heterocycles. The molecule has 1 aromatic carbocycles. The van der Waals surface area contributed by atoms with Crippen LogP contribution in [0.5, 0.6) is 5.75 Å². The van der Waals surface area contributed by atoms with E-state index in [9.17, 15) is 4.79 Å². The van der Waals surface area contributed by atoms with Crippen molar-refractivity contribution in [2.45, 2.75) is 32.9 Å². The van der Waals surface area contributed by atoms with Gasteiger partial charge in [0.05, 0.1) is 7.11 Å². The average Bonchev–Trinajstić information content (AvgIpc) is 2.44. The van der Waals surface area contributed by atoms with E-state index in [1.54, 1.807) is 20.1 Å². The van der Waals surface area contributed by atoms with Crippen molar-refractivity contribution in [3.05, 3.63) is 29.3 Å². The standard InChI is InChI=1S/C16H24N2O2S/c1-11(2)7-8-18-16(17)21-10-14-9-13(12(3)19)5-6-15(14)20-4/h5-6,9,11H,7-8,10H2,1-4H3,(H2,17,18). The number of carbonyl (C=O) groups excluding carboxylic acids is 1. The quantitative estimate of drug-likeness (QED) is 0.476. The van der Waals surface area contributed by atoms with Gasteiger partial charge in [-0.3, -0.25) is 9.79 Å². The molecule has 5 heteroatoms.